The summed E-state index contributed by atoms with van der Waals surface area (Å²) < 4.78 is 0. The molecule has 1 rings (SSSR count). The van der Waals surface area contributed by atoms with Gasteiger partial charge in [0.15, 0.2) is 0 Å². The molecule has 0 fully saturated rings. The van der Waals surface area contributed by atoms with Crippen molar-refractivity contribution < 1.29 is 5.11 Å². The van der Waals surface area contributed by atoms with E-state index in [0.717, 1.165) is 11.1 Å². The second-order valence-electron chi connectivity index (χ2n) is 2.66. The van der Waals surface area contributed by atoms with Gasteiger partial charge in [0.05, 0.1) is 12.6 Å². The molecule has 2 heteroatoms. The highest BCUT2D eigenvalue weighted by molar-refractivity contribution is 5.47. The van der Waals surface area contributed by atoms with Crippen LogP contribution in [0, 0.1) is 0 Å². The van der Waals surface area contributed by atoms with E-state index in [0.29, 0.717) is 0 Å². The van der Waals surface area contributed by atoms with Gasteiger partial charge >= 0.3 is 0 Å². The molecule has 64 valence electrons. The molecule has 0 amide bonds. The van der Waals surface area contributed by atoms with E-state index in [9.17, 15) is 0 Å². The van der Waals surface area contributed by atoms with Crippen molar-refractivity contribution in [2.45, 2.75) is 6.04 Å². The summed E-state index contributed by atoms with van der Waals surface area (Å²) in [6, 6.07) is 7.38. The second kappa shape index (κ2) is 4.04. The Morgan fingerprint density at radius 2 is 2.00 bits per heavy atom. The molecule has 1 aromatic rings. The fourth-order valence-corrected chi connectivity index (χ4v) is 0.985. The van der Waals surface area contributed by atoms with Gasteiger partial charge in [-0.05, 0) is 11.1 Å². The van der Waals surface area contributed by atoms with E-state index in [4.69, 9.17) is 10.8 Å². The van der Waals surface area contributed by atoms with Gasteiger partial charge in [-0.2, -0.15) is 0 Å². The van der Waals surface area contributed by atoms with Crippen LogP contribution < -0.4 is 5.73 Å². The zero-order chi connectivity index (χ0) is 8.97. The van der Waals surface area contributed by atoms with Crippen LogP contribution in [-0.4, -0.2) is 11.7 Å². The molecule has 2 nitrogen and oxygen atoms in total. The number of rotatable bonds is 3. The Labute approximate surface area is 72.3 Å². The number of aliphatic hydroxyl groups is 1. The summed E-state index contributed by atoms with van der Waals surface area (Å²) in [6.07, 6.45) is 1.77. The Kier molecular flexibility index (Phi) is 3.02. The highest BCUT2D eigenvalue weighted by Crippen LogP contribution is 2.11. The smallest absolute Gasteiger partial charge is 0.0624 e. The molecule has 0 aliphatic heterocycles. The zero-order valence-corrected chi connectivity index (χ0v) is 6.90. The van der Waals surface area contributed by atoms with Crippen LogP contribution in [0.5, 0.6) is 0 Å². The number of hydrogen-bond donors (Lipinski definition) is 2. The number of aliphatic hydroxyl groups excluding tert-OH is 1. The van der Waals surface area contributed by atoms with Gasteiger partial charge in [-0.3, -0.25) is 0 Å². The van der Waals surface area contributed by atoms with E-state index in [1.54, 1.807) is 6.08 Å². The van der Waals surface area contributed by atoms with Gasteiger partial charge in [0.2, 0.25) is 0 Å². The van der Waals surface area contributed by atoms with Crippen LogP contribution in [0.2, 0.25) is 0 Å². The summed E-state index contributed by atoms with van der Waals surface area (Å²) >= 11 is 0. The van der Waals surface area contributed by atoms with Gasteiger partial charge in [-0.1, -0.05) is 36.9 Å². The van der Waals surface area contributed by atoms with Crippen LogP contribution in [0.15, 0.2) is 30.8 Å². The topological polar surface area (TPSA) is 46.2 Å². The highest BCUT2D eigenvalue weighted by Gasteiger charge is 2.01. The SMILES string of the molecule is C=Cc1ccc([C@H](N)CO)cc1. The van der Waals surface area contributed by atoms with Gasteiger partial charge in [0.25, 0.3) is 0 Å². The van der Waals surface area contributed by atoms with Crippen molar-refractivity contribution in [3.63, 3.8) is 0 Å². The van der Waals surface area contributed by atoms with E-state index in [2.05, 4.69) is 6.58 Å². The van der Waals surface area contributed by atoms with Crippen molar-refractivity contribution in [3.8, 4) is 0 Å². The van der Waals surface area contributed by atoms with Gasteiger partial charge in [-0.25, -0.2) is 0 Å². The minimum absolute atomic E-state index is 0.0204. The lowest BCUT2D eigenvalue weighted by molar-refractivity contribution is 0.268. The molecule has 3 N–H and O–H groups in total. The third-order valence-corrected chi connectivity index (χ3v) is 1.80. The van der Waals surface area contributed by atoms with Crippen LogP contribution in [0.4, 0.5) is 0 Å². The first kappa shape index (κ1) is 8.97. The molecule has 0 radical (unpaired) electrons. The average Bonchev–Trinajstić information content (AvgIpc) is 2.17. The molecule has 0 saturated heterocycles. The van der Waals surface area contributed by atoms with Crippen LogP contribution >= 0.6 is 0 Å². The van der Waals surface area contributed by atoms with Crippen molar-refractivity contribution in [2.75, 3.05) is 6.61 Å². The molecule has 0 saturated carbocycles. The number of hydrogen-bond acceptors (Lipinski definition) is 2. The quantitative estimate of drug-likeness (QED) is 0.706. The molecule has 0 heterocycles. The van der Waals surface area contributed by atoms with Crippen molar-refractivity contribution in [3.05, 3.63) is 42.0 Å². The molecule has 0 aliphatic rings. The summed E-state index contributed by atoms with van der Waals surface area (Å²) in [5.41, 5.74) is 7.62. The maximum Gasteiger partial charge on any atom is 0.0624 e. The molecule has 1 atom stereocenters. The Morgan fingerprint density at radius 3 is 2.42 bits per heavy atom. The Hall–Kier alpha value is -1.12. The maximum absolute atomic E-state index is 8.77. The zero-order valence-electron chi connectivity index (χ0n) is 6.90. The van der Waals surface area contributed by atoms with Crippen LogP contribution in [0.25, 0.3) is 6.08 Å². The molecule has 0 spiro atoms. The van der Waals surface area contributed by atoms with Crippen LogP contribution in [-0.2, 0) is 0 Å². The molecule has 0 bridgehead atoms. The maximum atomic E-state index is 8.77. The monoisotopic (exact) mass is 163 g/mol. The van der Waals surface area contributed by atoms with E-state index in [-0.39, 0.29) is 12.6 Å². The largest absolute Gasteiger partial charge is 0.394 e. The summed E-state index contributed by atoms with van der Waals surface area (Å²) in [6.45, 7) is 3.62. The fraction of sp³-hybridized carbons (Fsp3) is 0.200. The summed E-state index contributed by atoms with van der Waals surface area (Å²) in [4.78, 5) is 0. The third-order valence-electron chi connectivity index (χ3n) is 1.80. The molecule has 0 aromatic heterocycles. The van der Waals surface area contributed by atoms with E-state index < -0.39 is 0 Å². The standard InChI is InChI=1S/C10H13NO/c1-2-8-3-5-9(6-4-8)10(11)7-12/h2-6,10,12H,1,7,11H2/t10-/m1/s1. The van der Waals surface area contributed by atoms with Crippen molar-refractivity contribution >= 4 is 6.08 Å². The van der Waals surface area contributed by atoms with E-state index >= 15 is 0 Å². The number of nitrogens with two attached hydrogens (primary N) is 1. The third kappa shape index (κ3) is 1.94. The summed E-state index contributed by atoms with van der Waals surface area (Å²) in [5, 5.41) is 8.77. The molecule has 1 aromatic carbocycles. The Morgan fingerprint density at radius 1 is 1.42 bits per heavy atom. The first-order valence-electron chi connectivity index (χ1n) is 3.86. The van der Waals surface area contributed by atoms with Crippen molar-refractivity contribution in [2.24, 2.45) is 5.73 Å². The number of benzene rings is 1. The Bertz CT molecular complexity index is 253. The molecule has 0 unspecified atom stereocenters. The van der Waals surface area contributed by atoms with Gasteiger partial charge in [0.1, 0.15) is 0 Å². The average molecular weight is 163 g/mol. The lowest BCUT2D eigenvalue weighted by Crippen LogP contribution is -2.14. The van der Waals surface area contributed by atoms with Crippen molar-refractivity contribution in [1.29, 1.82) is 0 Å². The molecular formula is C10H13NO. The van der Waals surface area contributed by atoms with Crippen LogP contribution in [0.3, 0.4) is 0 Å². The molecular weight excluding hydrogens is 150 g/mol. The van der Waals surface area contributed by atoms with E-state index in [1.807, 2.05) is 24.3 Å². The Balaban J connectivity index is 2.84. The highest BCUT2D eigenvalue weighted by atomic mass is 16.3. The lowest BCUT2D eigenvalue weighted by Gasteiger charge is -2.07. The normalized spacial score (nSPS) is 12.5. The van der Waals surface area contributed by atoms with Crippen molar-refractivity contribution in [1.82, 2.24) is 0 Å². The first-order valence-corrected chi connectivity index (χ1v) is 3.86. The van der Waals surface area contributed by atoms with Gasteiger partial charge in [-0.15, -0.1) is 0 Å². The minimum Gasteiger partial charge on any atom is -0.394 e. The molecule has 12 heavy (non-hydrogen) atoms. The van der Waals surface area contributed by atoms with Gasteiger partial charge in [0, 0.05) is 0 Å². The summed E-state index contributed by atoms with van der Waals surface area (Å²) in [5.74, 6) is 0. The lowest BCUT2D eigenvalue weighted by atomic mass is 10.1. The fourth-order valence-electron chi connectivity index (χ4n) is 0.985. The van der Waals surface area contributed by atoms with Crippen LogP contribution in [0.1, 0.15) is 17.2 Å². The van der Waals surface area contributed by atoms with Gasteiger partial charge < -0.3 is 10.8 Å². The first-order chi connectivity index (χ1) is 5.77. The minimum atomic E-state index is -0.274. The summed E-state index contributed by atoms with van der Waals surface area (Å²) in [7, 11) is 0. The predicted octanol–water partition coefficient (Wildman–Crippen LogP) is 1.32. The second-order valence-corrected chi connectivity index (χ2v) is 2.66. The molecule has 0 aliphatic carbocycles. The predicted molar refractivity (Wildman–Crippen MR) is 50.5 cm³/mol. The van der Waals surface area contributed by atoms with E-state index in [1.165, 1.54) is 0 Å².